The Morgan fingerprint density at radius 1 is 0.528 bits per heavy atom. The fourth-order valence-electron chi connectivity index (χ4n) is 4.67. The fourth-order valence-corrected chi connectivity index (χ4v) is 5.44. The van der Waals surface area contributed by atoms with Crippen molar-refractivity contribution in [2.75, 3.05) is 0 Å². The van der Waals surface area contributed by atoms with Crippen LogP contribution in [-0.2, 0) is 9.31 Å². The number of hydrogen-bond acceptors (Lipinski definition) is 3. The van der Waals surface area contributed by atoms with Crippen molar-refractivity contribution in [1.82, 2.24) is 0 Å². The molecule has 2 nitrogen and oxygen atoms in total. The van der Waals surface area contributed by atoms with Crippen LogP contribution in [0.1, 0.15) is 27.7 Å². The number of rotatable bonds is 4. The van der Waals surface area contributed by atoms with Gasteiger partial charge in [0.15, 0.2) is 0 Å². The number of fused-ring (bicyclic) bond motifs is 1. The van der Waals surface area contributed by atoms with Gasteiger partial charge >= 0.3 is 7.12 Å². The summed E-state index contributed by atoms with van der Waals surface area (Å²) in [6.45, 7) is 8.33. The summed E-state index contributed by atoms with van der Waals surface area (Å²) in [5, 5.41) is 3.45. The Morgan fingerprint density at radius 2 is 0.944 bits per heavy atom. The van der Waals surface area contributed by atoms with Gasteiger partial charge < -0.3 is 9.31 Å². The van der Waals surface area contributed by atoms with Crippen molar-refractivity contribution in [3.05, 3.63) is 102 Å². The summed E-state index contributed by atoms with van der Waals surface area (Å²) in [6, 6.07) is 35.0. The summed E-state index contributed by atoms with van der Waals surface area (Å²) in [5.41, 5.74) is 7.69. The lowest BCUT2D eigenvalue weighted by molar-refractivity contribution is 0.00578. The molecular weight excluding hydrogens is 459 g/mol. The third-order valence-corrected chi connectivity index (χ3v) is 8.56. The third-order valence-electron chi connectivity index (χ3n) is 7.66. The van der Waals surface area contributed by atoms with Crippen LogP contribution in [0.3, 0.4) is 0 Å². The molecule has 36 heavy (non-hydrogen) atoms. The molecule has 4 aromatic carbocycles. The molecule has 0 aliphatic carbocycles. The van der Waals surface area contributed by atoms with Crippen molar-refractivity contribution in [3.8, 4) is 33.4 Å². The van der Waals surface area contributed by atoms with Gasteiger partial charge in [0, 0.05) is 4.70 Å². The minimum absolute atomic E-state index is 0.331. The van der Waals surface area contributed by atoms with E-state index in [9.17, 15) is 0 Å². The molecule has 178 valence electrons. The zero-order chi connectivity index (χ0) is 24.9. The number of hydrogen-bond donors (Lipinski definition) is 0. The van der Waals surface area contributed by atoms with E-state index in [0.29, 0.717) is 0 Å². The first-order valence-corrected chi connectivity index (χ1v) is 13.3. The molecule has 1 fully saturated rings. The Balaban J connectivity index is 1.18. The van der Waals surface area contributed by atoms with Crippen molar-refractivity contribution in [2.24, 2.45) is 0 Å². The fraction of sp³-hybridized carbons (Fsp3) is 0.188. The van der Waals surface area contributed by atoms with Crippen LogP contribution in [0.5, 0.6) is 0 Å². The Kier molecular flexibility index (Phi) is 5.64. The van der Waals surface area contributed by atoms with Crippen molar-refractivity contribution in [1.29, 1.82) is 0 Å². The lowest BCUT2D eigenvalue weighted by atomic mass is 9.78. The highest BCUT2D eigenvalue weighted by atomic mass is 32.1. The molecule has 0 atom stereocenters. The molecule has 1 aromatic heterocycles. The minimum atomic E-state index is -0.332. The van der Waals surface area contributed by atoms with E-state index in [0.717, 1.165) is 5.46 Å². The quantitative estimate of drug-likeness (QED) is 0.237. The molecule has 0 amide bonds. The van der Waals surface area contributed by atoms with Crippen LogP contribution in [-0.4, -0.2) is 18.3 Å². The molecule has 5 aromatic rings. The molecule has 1 saturated heterocycles. The van der Waals surface area contributed by atoms with Gasteiger partial charge in [-0.3, -0.25) is 0 Å². The second-order valence-electron chi connectivity index (χ2n) is 10.5. The van der Waals surface area contributed by atoms with E-state index in [1.165, 1.54) is 43.5 Å². The van der Waals surface area contributed by atoms with Gasteiger partial charge in [0.05, 0.1) is 11.2 Å². The molecule has 0 spiro atoms. The van der Waals surface area contributed by atoms with Crippen molar-refractivity contribution in [3.63, 3.8) is 0 Å². The Morgan fingerprint density at radius 3 is 1.44 bits per heavy atom. The Hall–Kier alpha value is -3.18. The highest BCUT2D eigenvalue weighted by Crippen LogP contribution is 2.36. The molecule has 1 aliphatic rings. The van der Waals surface area contributed by atoms with E-state index in [2.05, 4.69) is 130 Å². The zero-order valence-electron chi connectivity index (χ0n) is 21.1. The van der Waals surface area contributed by atoms with Crippen LogP contribution in [0.15, 0.2) is 102 Å². The van der Waals surface area contributed by atoms with Crippen LogP contribution in [0.25, 0.3) is 43.5 Å². The maximum Gasteiger partial charge on any atom is 0.494 e. The first-order chi connectivity index (χ1) is 17.3. The molecule has 0 N–H and O–H groups in total. The number of thiophene rings is 1. The van der Waals surface area contributed by atoms with Crippen molar-refractivity contribution in [2.45, 2.75) is 38.9 Å². The molecule has 0 unspecified atom stereocenters. The lowest BCUT2D eigenvalue weighted by Gasteiger charge is -2.32. The predicted molar refractivity (Wildman–Crippen MR) is 154 cm³/mol. The van der Waals surface area contributed by atoms with Crippen LogP contribution in [0.4, 0.5) is 0 Å². The van der Waals surface area contributed by atoms with Gasteiger partial charge in [-0.05, 0) is 95.5 Å². The highest BCUT2D eigenvalue weighted by molar-refractivity contribution is 7.17. The van der Waals surface area contributed by atoms with Gasteiger partial charge in [-0.15, -0.1) is 11.3 Å². The second kappa shape index (κ2) is 8.74. The monoisotopic (exact) mass is 488 g/mol. The summed E-state index contributed by atoms with van der Waals surface area (Å²) in [5.74, 6) is 0. The molecule has 4 heteroatoms. The lowest BCUT2D eigenvalue weighted by Crippen LogP contribution is -2.41. The molecule has 1 aliphatic heterocycles. The van der Waals surface area contributed by atoms with Crippen LogP contribution in [0.2, 0.25) is 0 Å². The van der Waals surface area contributed by atoms with E-state index in [1.807, 2.05) is 0 Å². The van der Waals surface area contributed by atoms with Gasteiger partial charge in [-0.25, -0.2) is 0 Å². The minimum Gasteiger partial charge on any atom is -0.399 e. The Bertz CT molecular complexity index is 1500. The summed E-state index contributed by atoms with van der Waals surface area (Å²) >= 11 is 1.79. The second-order valence-corrected chi connectivity index (χ2v) is 11.5. The molecule has 0 radical (unpaired) electrons. The van der Waals surface area contributed by atoms with Gasteiger partial charge in [0.25, 0.3) is 0 Å². The molecule has 2 heterocycles. The standard InChI is InChI=1S/C32H29BO2S/c1-31(2)32(3,4)35-33(34-31)29-16-13-25(14-17-29)24-7-5-22(6-8-24)23-9-11-26(12-10-23)27-15-18-30-28(21-27)19-20-36-30/h5-21H,1-4H3. The van der Waals surface area contributed by atoms with Gasteiger partial charge in [-0.2, -0.15) is 0 Å². The highest BCUT2D eigenvalue weighted by Gasteiger charge is 2.51. The smallest absolute Gasteiger partial charge is 0.399 e. The van der Waals surface area contributed by atoms with E-state index >= 15 is 0 Å². The van der Waals surface area contributed by atoms with Crippen molar-refractivity contribution >= 4 is 34.0 Å². The van der Waals surface area contributed by atoms with E-state index in [-0.39, 0.29) is 18.3 Å². The van der Waals surface area contributed by atoms with Gasteiger partial charge in [-0.1, -0.05) is 78.9 Å². The van der Waals surface area contributed by atoms with E-state index in [4.69, 9.17) is 9.31 Å². The summed E-state index contributed by atoms with van der Waals surface area (Å²) in [6.07, 6.45) is 0. The SMILES string of the molecule is CC1(C)OB(c2ccc(-c3ccc(-c4ccc(-c5ccc6sccc6c5)cc4)cc3)cc2)OC1(C)C. The third kappa shape index (κ3) is 4.20. The van der Waals surface area contributed by atoms with Crippen molar-refractivity contribution < 1.29 is 9.31 Å². The molecule has 0 saturated carbocycles. The summed E-state index contributed by atoms with van der Waals surface area (Å²) in [4.78, 5) is 0. The maximum absolute atomic E-state index is 6.19. The van der Waals surface area contributed by atoms with Gasteiger partial charge in [0.1, 0.15) is 0 Å². The van der Waals surface area contributed by atoms with Gasteiger partial charge in [0.2, 0.25) is 0 Å². The van der Waals surface area contributed by atoms with Crippen LogP contribution >= 0.6 is 11.3 Å². The molecular formula is C32H29BO2S. The summed E-state index contributed by atoms with van der Waals surface area (Å²) in [7, 11) is -0.332. The number of benzene rings is 4. The molecule has 0 bridgehead atoms. The topological polar surface area (TPSA) is 18.5 Å². The Labute approximate surface area is 217 Å². The normalized spacial score (nSPS) is 16.5. The average molecular weight is 488 g/mol. The van der Waals surface area contributed by atoms with Crippen LogP contribution in [0, 0.1) is 0 Å². The summed E-state index contributed by atoms with van der Waals surface area (Å²) < 4.78 is 13.7. The largest absolute Gasteiger partial charge is 0.494 e. The van der Waals surface area contributed by atoms with Crippen LogP contribution < -0.4 is 5.46 Å². The predicted octanol–water partition coefficient (Wildman–Crippen LogP) is 8.20. The zero-order valence-corrected chi connectivity index (χ0v) is 21.9. The average Bonchev–Trinajstić information content (AvgIpc) is 3.44. The first kappa shape index (κ1) is 23.2. The molecule has 6 rings (SSSR count). The van der Waals surface area contributed by atoms with E-state index < -0.39 is 0 Å². The van der Waals surface area contributed by atoms with E-state index in [1.54, 1.807) is 11.3 Å². The first-order valence-electron chi connectivity index (χ1n) is 12.4. The maximum atomic E-state index is 6.19.